The Bertz CT molecular complexity index is 1810. The van der Waals surface area contributed by atoms with Crippen LogP contribution in [0.25, 0.3) is 11.2 Å². The monoisotopic (exact) mass is 629 g/mol. The molecular formula is C38H36FN5O3. The van der Waals surface area contributed by atoms with Crippen LogP contribution in [0.2, 0.25) is 0 Å². The van der Waals surface area contributed by atoms with Gasteiger partial charge in [-0.1, -0.05) is 110 Å². The van der Waals surface area contributed by atoms with Crippen molar-refractivity contribution in [3.8, 4) is 5.75 Å². The molecule has 1 saturated heterocycles. The third kappa shape index (κ3) is 5.73. The van der Waals surface area contributed by atoms with Crippen LogP contribution < -0.4 is 10.1 Å². The summed E-state index contributed by atoms with van der Waals surface area (Å²) in [4.78, 5) is 14.1. The summed E-state index contributed by atoms with van der Waals surface area (Å²) in [6, 6.07) is 38.4. The molecule has 0 radical (unpaired) electrons. The van der Waals surface area contributed by atoms with Crippen LogP contribution in [0.1, 0.15) is 41.8 Å². The summed E-state index contributed by atoms with van der Waals surface area (Å²) in [5.74, 6) is 1.28. The summed E-state index contributed by atoms with van der Waals surface area (Å²) in [7, 11) is 1.62. The Balaban J connectivity index is 1.29. The number of anilines is 1. The fourth-order valence-electron chi connectivity index (χ4n) is 6.42. The molecule has 9 heteroatoms. The molecule has 1 N–H and O–H groups in total. The van der Waals surface area contributed by atoms with Gasteiger partial charge >= 0.3 is 0 Å². The zero-order valence-electron chi connectivity index (χ0n) is 26.2. The van der Waals surface area contributed by atoms with Crippen molar-refractivity contribution < 1.29 is 18.6 Å². The average molecular weight is 630 g/mol. The normalized spacial score (nSPS) is 19.6. The van der Waals surface area contributed by atoms with Crippen molar-refractivity contribution in [3.63, 3.8) is 0 Å². The molecule has 1 unspecified atom stereocenters. The Hall–Kier alpha value is -5.12. The molecule has 2 aromatic heterocycles. The van der Waals surface area contributed by atoms with Crippen LogP contribution >= 0.6 is 0 Å². The van der Waals surface area contributed by atoms with Crippen molar-refractivity contribution in [3.05, 3.63) is 150 Å². The van der Waals surface area contributed by atoms with Crippen molar-refractivity contribution in [2.45, 2.75) is 50.1 Å². The average Bonchev–Trinajstić information content (AvgIpc) is 3.71. The minimum atomic E-state index is -1.33. The molecule has 0 spiro atoms. The Labute approximate surface area is 273 Å². The number of fused-ring (bicyclic) bond motifs is 1. The quantitative estimate of drug-likeness (QED) is 0.149. The van der Waals surface area contributed by atoms with Gasteiger partial charge in [0.05, 0.1) is 26.1 Å². The summed E-state index contributed by atoms with van der Waals surface area (Å²) >= 11 is 0. The van der Waals surface area contributed by atoms with Gasteiger partial charge in [-0.2, -0.15) is 0 Å². The zero-order chi connectivity index (χ0) is 32.2. The predicted octanol–water partition coefficient (Wildman–Crippen LogP) is 7.47. The smallest absolute Gasteiger partial charge is 0.167 e. The maximum absolute atomic E-state index is 15.8. The van der Waals surface area contributed by atoms with E-state index in [1.54, 1.807) is 18.0 Å². The number of halogens is 1. The second kappa shape index (κ2) is 13.3. The van der Waals surface area contributed by atoms with Gasteiger partial charge in [0.25, 0.3) is 0 Å². The van der Waals surface area contributed by atoms with Gasteiger partial charge in [0.1, 0.15) is 23.7 Å². The lowest BCUT2D eigenvalue weighted by Gasteiger charge is -2.37. The highest BCUT2D eigenvalue weighted by Gasteiger charge is 2.47. The zero-order valence-corrected chi connectivity index (χ0v) is 26.2. The van der Waals surface area contributed by atoms with Crippen molar-refractivity contribution >= 4 is 17.0 Å². The van der Waals surface area contributed by atoms with Crippen LogP contribution in [0.4, 0.5) is 10.2 Å². The number of hydrogen-bond acceptors (Lipinski definition) is 7. The fraction of sp³-hybridized carbons (Fsp3) is 0.237. The predicted molar refractivity (Wildman–Crippen MR) is 179 cm³/mol. The van der Waals surface area contributed by atoms with E-state index in [1.165, 1.54) is 6.33 Å². The van der Waals surface area contributed by atoms with E-state index in [1.807, 2.05) is 85.8 Å². The Morgan fingerprint density at radius 1 is 0.809 bits per heavy atom. The van der Waals surface area contributed by atoms with E-state index < -0.39 is 30.1 Å². The first kappa shape index (κ1) is 30.5. The lowest BCUT2D eigenvalue weighted by molar-refractivity contribution is -0.0692. The molecule has 1 aliphatic heterocycles. The second-order valence-electron chi connectivity index (χ2n) is 11.6. The van der Waals surface area contributed by atoms with Crippen molar-refractivity contribution in [2.75, 3.05) is 12.4 Å². The second-order valence-corrected chi connectivity index (χ2v) is 11.6. The van der Waals surface area contributed by atoms with Gasteiger partial charge in [0.2, 0.25) is 0 Å². The SMILES string of the molecule is CC[C@H]1O[C@@H](n2cnc3c(NC(c4ccccc4)(c4ccccc4)c4ccccc4)ncnc32)C(OCc2ccc(OC)cc2)[C@@H]1F. The van der Waals surface area contributed by atoms with E-state index in [2.05, 4.69) is 46.7 Å². The van der Waals surface area contributed by atoms with Crippen LogP contribution in [0.3, 0.4) is 0 Å². The molecule has 3 heterocycles. The number of ether oxygens (including phenoxy) is 3. The summed E-state index contributed by atoms with van der Waals surface area (Å²) in [5.41, 5.74) is 4.22. The van der Waals surface area contributed by atoms with Crippen LogP contribution in [0.5, 0.6) is 5.75 Å². The standard InChI is InChI=1S/C38H36FN5O3/c1-3-31-32(39)34(46-23-26-19-21-30(45-2)22-20-26)37(47-31)44-25-42-33-35(40-24-41-36(33)44)43-38(27-13-7-4-8-14-27,28-15-9-5-10-16-28)29-17-11-6-12-18-29/h4-22,24-25,31-32,34,37H,3,23H2,1-2H3,(H,40,41,43)/t31-,32-,34?,37-/m1/s1. The Kier molecular flexibility index (Phi) is 8.65. The number of alkyl halides is 1. The highest BCUT2D eigenvalue weighted by Crippen LogP contribution is 2.42. The molecule has 47 heavy (non-hydrogen) atoms. The molecule has 7 rings (SSSR count). The van der Waals surface area contributed by atoms with Gasteiger partial charge < -0.3 is 19.5 Å². The maximum atomic E-state index is 15.8. The van der Waals surface area contributed by atoms with Gasteiger partial charge in [-0.3, -0.25) is 4.57 Å². The van der Waals surface area contributed by atoms with E-state index in [4.69, 9.17) is 24.2 Å². The summed E-state index contributed by atoms with van der Waals surface area (Å²) in [5, 5.41) is 3.80. The molecule has 0 amide bonds. The molecule has 8 nitrogen and oxygen atoms in total. The molecule has 0 saturated carbocycles. The van der Waals surface area contributed by atoms with Crippen LogP contribution in [0, 0.1) is 0 Å². The summed E-state index contributed by atoms with van der Waals surface area (Å²) < 4.78 is 35.4. The summed E-state index contributed by atoms with van der Waals surface area (Å²) in [6.45, 7) is 2.13. The molecule has 0 aliphatic carbocycles. The summed E-state index contributed by atoms with van der Waals surface area (Å²) in [6.07, 6.45) is 0.0370. The first-order chi connectivity index (χ1) is 23.1. The Morgan fingerprint density at radius 2 is 1.40 bits per heavy atom. The van der Waals surface area contributed by atoms with E-state index in [0.29, 0.717) is 23.4 Å². The highest BCUT2D eigenvalue weighted by atomic mass is 19.1. The molecular weight excluding hydrogens is 593 g/mol. The van der Waals surface area contributed by atoms with Gasteiger partial charge in [-0.15, -0.1) is 0 Å². The van der Waals surface area contributed by atoms with E-state index in [0.717, 1.165) is 28.0 Å². The molecule has 1 aliphatic rings. The van der Waals surface area contributed by atoms with Crippen molar-refractivity contribution in [1.29, 1.82) is 0 Å². The first-order valence-corrected chi connectivity index (χ1v) is 15.8. The van der Waals surface area contributed by atoms with Crippen molar-refractivity contribution in [2.24, 2.45) is 0 Å². The number of methoxy groups -OCH3 is 1. The number of imidazole rings is 1. The van der Waals surface area contributed by atoms with Gasteiger partial charge in [0.15, 0.2) is 29.4 Å². The van der Waals surface area contributed by atoms with E-state index in [-0.39, 0.29) is 6.61 Å². The fourth-order valence-corrected chi connectivity index (χ4v) is 6.42. The number of benzene rings is 4. The molecule has 0 bridgehead atoms. The number of hydrogen-bond donors (Lipinski definition) is 1. The van der Waals surface area contributed by atoms with Crippen LogP contribution in [-0.2, 0) is 21.6 Å². The van der Waals surface area contributed by atoms with Crippen LogP contribution in [-0.4, -0.2) is 45.0 Å². The maximum Gasteiger partial charge on any atom is 0.167 e. The lowest BCUT2D eigenvalue weighted by atomic mass is 9.77. The minimum absolute atomic E-state index is 0.216. The third-order valence-corrected chi connectivity index (χ3v) is 8.83. The van der Waals surface area contributed by atoms with Gasteiger partial charge in [0, 0.05) is 0 Å². The molecule has 238 valence electrons. The lowest BCUT2D eigenvalue weighted by Crippen LogP contribution is -2.38. The molecule has 4 aromatic carbocycles. The van der Waals surface area contributed by atoms with Crippen molar-refractivity contribution in [1.82, 2.24) is 19.5 Å². The molecule has 6 aromatic rings. The Morgan fingerprint density at radius 3 is 1.96 bits per heavy atom. The first-order valence-electron chi connectivity index (χ1n) is 15.8. The number of rotatable bonds is 11. The van der Waals surface area contributed by atoms with Crippen LogP contribution in [0.15, 0.2) is 128 Å². The molecule has 4 atom stereocenters. The minimum Gasteiger partial charge on any atom is -0.497 e. The number of nitrogens with one attached hydrogen (secondary N) is 1. The number of nitrogens with zero attached hydrogens (tertiary/aromatic N) is 4. The largest absolute Gasteiger partial charge is 0.497 e. The third-order valence-electron chi connectivity index (χ3n) is 8.83. The topological polar surface area (TPSA) is 83.3 Å². The number of aromatic nitrogens is 4. The van der Waals surface area contributed by atoms with Gasteiger partial charge in [-0.05, 0) is 40.8 Å². The molecule has 1 fully saturated rings. The van der Waals surface area contributed by atoms with E-state index in [9.17, 15) is 0 Å². The van der Waals surface area contributed by atoms with Gasteiger partial charge in [-0.25, -0.2) is 19.3 Å². The highest BCUT2D eigenvalue weighted by molar-refractivity contribution is 5.84. The van der Waals surface area contributed by atoms with E-state index >= 15 is 4.39 Å².